The predicted molar refractivity (Wildman–Crippen MR) is 140 cm³/mol. The summed E-state index contributed by atoms with van der Waals surface area (Å²) >= 11 is 0. The fraction of sp³-hybridized carbons (Fsp3) is 0.276. The van der Waals surface area contributed by atoms with E-state index in [0.717, 1.165) is 22.4 Å². The zero-order valence-corrected chi connectivity index (χ0v) is 21.1. The normalized spacial score (nSPS) is 11.9. The second-order valence-electron chi connectivity index (χ2n) is 10.8. The van der Waals surface area contributed by atoms with Crippen LogP contribution < -0.4 is 4.74 Å². The summed E-state index contributed by atoms with van der Waals surface area (Å²) in [6, 6.07) is 21.1. The molecule has 0 saturated carbocycles. The monoisotopic (exact) mass is 469 g/mol. The van der Waals surface area contributed by atoms with Crippen LogP contribution in [0.2, 0.25) is 0 Å². The van der Waals surface area contributed by atoms with Crippen LogP contribution in [0.15, 0.2) is 79.1 Å². The van der Waals surface area contributed by atoms with E-state index in [9.17, 15) is 10.1 Å². The molecule has 0 aliphatic rings. The third-order valence-corrected chi connectivity index (χ3v) is 5.91. The predicted octanol–water partition coefficient (Wildman–Crippen LogP) is 7.83. The van der Waals surface area contributed by atoms with Gasteiger partial charge in [-0.25, -0.2) is 4.68 Å². The van der Waals surface area contributed by atoms with E-state index in [1.807, 2.05) is 93.8 Å². The number of nitro benzene ring substituents is 1. The lowest BCUT2D eigenvalue weighted by Crippen LogP contribution is -2.19. The Kier molecular flexibility index (Phi) is 6.24. The van der Waals surface area contributed by atoms with Crippen molar-refractivity contribution in [1.29, 1.82) is 0 Å². The summed E-state index contributed by atoms with van der Waals surface area (Å²) < 4.78 is 8.10. The molecule has 180 valence electrons. The van der Waals surface area contributed by atoms with Crippen molar-refractivity contribution in [1.82, 2.24) is 9.78 Å². The minimum atomic E-state index is -0.378. The number of hydrogen-bond donors (Lipinski definition) is 0. The summed E-state index contributed by atoms with van der Waals surface area (Å²) in [6.07, 6.45) is 3.80. The van der Waals surface area contributed by atoms with E-state index in [-0.39, 0.29) is 21.4 Å². The number of rotatable bonds is 5. The van der Waals surface area contributed by atoms with E-state index in [2.05, 4.69) is 25.9 Å². The van der Waals surface area contributed by atoms with Crippen molar-refractivity contribution in [2.45, 2.75) is 52.4 Å². The average Bonchev–Trinajstić information content (AvgIpc) is 3.28. The standard InChI is InChI=1S/C29H31N3O3/c1-28(2,3)24-16-25(29(4,5)6)27(17-26(24)32(33)34)35-23-14-10-13-22(15-23)31-19-21(18-30-31)20-11-8-7-9-12-20/h7-19H,1-6H3. The van der Waals surface area contributed by atoms with Crippen LogP contribution in [0.25, 0.3) is 16.8 Å². The fourth-order valence-electron chi connectivity index (χ4n) is 4.05. The van der Waals surface area contributed by atoms with Gasteiger partial charge >= 0.3 is 0 Å². The summed E-state index contributed by atoms with van der Waals surface area (Å²) in [4.78, 5) is 11.6. The highest BCUT2D eigenvalue weighted by atomic mass is 16.6. The summed E-state index contributed by atoms with van der Waals surface area (Å²) in [5, 5.41) is 16.4. The van der Waals surface area contributed by atoms with E-state index in [1.54, 1.807) is 10.7 Å². The smallest absolute Gasteiger partial charge is 0.276 e. The second-order valence-corrected chi connectivity index (χ2v) is 10.8. The molecular weight excluding hydrogens is 438 g/mol. The van der Waals surface area contributed by atoms with Gasteiger partial charge in [-0.15, -0.1) is 0 Å². The van der Waals surface area contributed by atoms with Crippen molar-refractivity contribution in [2.24, 2.45) is 0 Å². The van der Waals surface area contributed by atoms with Gasteiger partial charge in [0.1, 0.15) is 11.5 Å². The lowest BCUT2D eigenvalue weighted by Gasteiger charge is -2.27. The lowest BCUT2D eigenvalue weighted by molar-refractivity contribution is -0.386. The van der Waals surface area contributed by atoms with E-state index in [0.29, 0.717) is 17.1 Å². The van der Waals surface area contributed by atoms with Gasteiger partial charge in [-0.2, -0.15) is 5.10 Å². The molecule has 6 nitrogen and oxygen atoms in total. The minimum absolute atomic E-state index is 0.0660. The lowest BCUT2D eigenvalue weighted by atomic mass is 9.79. The molecule has 1 aromatic heterocycles. The second kappa shape index (κ2) is 9.02. The first-order valence-corrected chi connectivity index (χ1v) is 11.7. The number of aromatic nitrogens is 2. The van der Waals surface area contributed by atoms with Crippen LogP contribution in [0.1, 0.15) is 52.7 Å². The molecule has 0 unspecified atom stereocenters. The van der Waals surface area contributed by atoms with Gasteiger partial charge in [-0.1, -0.05) is 77.9 Å². The van der Waals surface area contributed by atoms with Crippen molar-refractivity contribution < 1.29 is 9.66 Å². The largest absolute Gasteiger partial charge is 0.457 e. The molecule has 4 rings (SSSR count). The Bertz CT molecular complexity index is 1360. The minimum Gasteiger partial charge on any atom is -0.457 e. The Morgan fingerprint density at radius 3 is 2.14 bits per heavy atom. The van der Waals surface area contributed by atoms with Crippen LogP contribution >= 0.6 is 0 Å². The average molecular weight is 470 g/mol. The molecule has 0 aliphatic heterocycles. The highest BCUT2D eigenvalue weighted by Gasteiger charge is 2.31. The van der Waals surface area contributed by atoms with Crippen LogP contribution in [0.4, 0.5) is 5.69 Å². The Morgan fingerprint density at radius 1 is 0.829 bits per heavy atom. The number of ether oxygens (including phenoxy) is 1. The van der Waals surface area contributed by atoms with E-state index in [4.69, 9.17) is 4.74 Å². The van der Waals surface area contributed by atoms with Gasteiger partial charge in [-0.3, -0.25) is 10.1 Å². The van der Waals surface area contributed by atoms with Crippen LogP contribution in [0.5, 0.6) is 11.5 Å². The summed E-state index contributed by atoms with van der Waals surface area (Å²) in [5.74, 6) is 1.07. The van der Waals surface area contributed by atoms with Crippen LogP contribution in [-0.2, 0) is 10.8 Å². The van der Waals surface area contributed by atoms with Crippen molar-refractivity contribution in [3.8, 4) is 28.3 Å². The van der Waals surface area contributed by atoms with Crippen LogP contribution in [0.3, 0.4) is 0 Å². The first-order valence-electron chi connectivity index (χ1n) is 11.7. The first-order chi connectivity index (χ1) is 16.4. The van der Waals surface area contributed by atoms with Crippen molar-refractivity contribution in [3.63, 3.8) is 0 Å². The quantitative estimate of drug-likeness (QED) is 0.220. The first kappa shape index (κ1) is 24.2. The molecule has 0 N–H and O–H groups in total. The highest BCUT2D eigenvalue weighted by molar-refractivity contribution is 5.62. The maximum absolute atomic E-state index is 11.9. The number of hydrogen-bond acceptors (Lipinski definition) is 4. The summed E-state index contributed by atoms with van der Waals surface area (Å²) in [6.45, 7) is 12.2. The van der Waals surface area contributed by atoms with Gasteiger partial charge in [0.25, 0.3) is 5.69 Å². The molecule has 1 heterocycles. The molecule has 0 radical (unpaired) electrons. The zero-order chi connectivity index (χ0) is 25.4. The van der Waals surface area contributed by atoms with Gasteiger partial charge < -0.3 is 4.74 Å². The zero-order valence-electron chi connectivity index (χ0n) is 21.1. The SMILES string of the molecule is CC(C)(C)c1cc(C(C)(C)C)c([N+](=O)[O-])cc1Oc1cccc(-n2cc(-c3ccccc3)cn2)c1. The maximum Gasteiger partial charge on any atom is 0.276 e. The van der Waals surface area contributed by atoms with Gasteiger partial charge in [0.05, 0.1) is 22.9 Å². The maximum atomic E-state index is 11.9. The Hall–Kier alpha value is -3.93. The third-order valence-electron chi connectivity index (χ3n) is 5.91. The van der Waals surface area contributed by atoms with Crippen LogP contribution in [0, 0.1) is 10.1 Å². The molecule has 3 aromatic carbocycles. The Balaban J connectivity index is 1.73. The van der Waals surface area contributed by atoms with Gasteiger partial charge in [0, 0.05) is 29.0 Å². The number of nitrogens with zero attached hydrogens (tertiary/aromatic N) is 3. The molecular formula is C29H31N3O3. The van der Waals surface area contributed by atoms with Crippen molar-refractivity contribution >= 4 is 5.69 Å². The molecule has 6 heteroatoms. The molecule has 0 atom stereocenters. The number of nitro groups is 1. The van der Waals surface area contributed by atoms with Gasteiger partial charge in [0.15, 0.2) is 0 Å². The Labute approximate surface area is 206 Å². The Morgan fingerprint density at radius 2 is 1.51 bits per heavy atom. The molecule has 0 spiro atoms. The molecule has 35 heavy (non-hydrogen) atoms. The molecule has 0 saturated heterocycles. The molecule has 0 fully saturated rings. The molecule has 0 amide bonds. The van der Waals surface area contributed by atoms with Crippen molar-refractivity contribution in [2.75, 3.05) is 0 Å². The molecule has 0 bridgehead atoms. The van der Waals surface area contributed by atoms with Gasteiger partial charge in [-0.05, 0) is 34.6 Å². The van der Waals surface area contributed by atoms with E-state index >= 15 is 0 Å². The molecule has 0 aliphatic carbocycles. The number of benzene rings is 3. The summed E-state index contributed by atoms with van der Waals surface area (Å²) in [7, 11) is 0. The molecule has 4 aromatic rings. The van der Waals surface area contributed by atoms with E-state index < -0.39 is 0 Å². The van der Waals surface area contributed by atoms with Gasteiger partial charge in [0.2, 0.25) is 0 Å². The highest BCUT2D eigenvalue weighted by Crippen LogP contribution is 2.42. The summed E-state index contributed by atoms with van der Waals surface area (Å²) in [5.41, 5.74) is 3.97. The fourth-order valence-corrected chi connectivity index (χ4v) is 4.05. The topological polar surface area (TPSA) is 70.2 Å². The van der Waals surface area contributed by atoms with Crippen molar-refractivity contribution in [3.05, 3.63) is 100 Å². The van der Waals surface area contributed by atoms with Crippen LogP contribution in [-0.4, -0.2) is 14.7 Å². The third kappa shape index (κ3) is 5.27. The van der Waals surface area contributed by atoms with E-state index in [1.165, 1.54) is 0 Å².